The Kier molecular flexibility index (Phi) is 1.78. The molecule has 0 bridgehead atoms. The molecule has 0 spiro atoms. The Bertz CT molecular complexity index is 676. The van der Waals surface area contributed by atoms with Gasteiger partial charge in [-0.1, -0.05) is 12.1 Å². The number of rotatable bonds is 0. The molecule has 0 aromatic heterocycles. The van der Waals surface area contributed by atoms with Crippen molar-refractivity contribution >= 4 is 22.6 Å². The molecular formula is C13H8NO3. The standard InChI is InChI=1S/C13H8NO3/c1-14-12(16)9-4-2-3-7-5-8(15)6-10(11(7)9)13(14)17/h2-6,15H,1H2. The normalized spacial score (nSPS) is 14.5. The van der Waals surface area contributed by atoms with E-state index >= 15 is 0 Å². The molecule has 0 unspecified atom stereocenters. The van der Waals surface area contributed by atoms with E-state index in [9.17, 15) is 14.7 Å². The van der Waals surface area contributed by atoms with Gasteiger partial charge in [0.1, 0.15) is 5.75 Å². The molecule has 4 heteroatoms. The molecule has 2 amide bonds. The van der Waals surface area contributed by atoms with E-state index in [1.54, 1.807) is 18.2 Å². The number of amides is 2. The van der Waals surface area contributed by atoms with E-state index in [4.69, 9.17) is 0 Å². The molecule has 3 rings (SSSR count). The molecule has 0 atom stereocenters. The molecule has 2 aromatic rings. The quantitative estimate of drug-likeness (QED) is 0.698. The third-order valence-corrected chi connectivity index (χ3v) is 2.91. The van der Waals surface area contributed by atoms with Crippen molar-refractivity contribution < 1.29 is 14.7 Å². The molecule has 1 heterocycles. The molecule has 2 aromatic carbocycles. The largest absolute Gasteiger partial charge is 0.508 e. The molecule has 1 aliphatic heterocycles. The van der Waals surface area contributed by atoms with E-state index in [1.165, 1.54) is 12.1 Å². The Morgan fingerprint density at radius 1 is 1.06 bits per heavy atom. The monoisotopic (exact) mass is 226 g/mol. The first kappa shape index (κ1) is 9.84. The Morgan fingerprint density at radius 2 is 1.76 bits per heavy atom. The minimum atomic E-state index is -0.491. The summed E-state index contributed by atoms with van der Waals surface area (Å²) in [5.41, 5.74) is 0.748. The summed E-state index contributed by atoms with van der Waals surface area (Å²) in [5.74, 6) is -0.908. The zero-order chi connectivity index (χ0) is 12.2. The van der Waals surface area contributed by atoms with Crippen molar-refractivity contribution in [1.82, 2.24) is 4.90 Å². The Balaban J connectivity index is 2.53. The van der Waals surface area contributed by atoms with Gasteiger partial charge in [0.2, 0.25) is 0 Å². The highest BCUT2D eigenvalue weighted by Gasteiger charge is 2.30. The summed E-state index contributed by atoms with van der Waals surface area (Å²) in [6.45, 7) is 0. The highest BCUT2D eigenvalue weighted by Crippen LogP contribution is 2.32. The average molecular weight is 226 g/mol. The third kappa shape index (κ3) is 1.18. The van der Waals surface area contributed by atoms with Gasteiger partial charge in [-0.05, 0) is 23.6 Å². The van der Waals surface area contributed by atoms with Gasteiger partial charge in [-0.3, -0.25) is 14.5 Å². The van der Waals surface area contributed by atoms with Crippen LogP contribution >= 0.6 is 0 Å². The van der Waals surface area contributed by atoms with E-state index in [0.717, 1.165) is 4.90 Å². The third-order valence-electron chi connectivity index (χ3n) is 2.91. The second-order valence-electron chi connectivity index (χ2n) is 3.94. The molecule has 83 valence electrons. The van der Waals surface area contributed by atoms with Crippen LogP contribution in [0.25, 0.3) is 10.8 Å². The van der Waals surface area contributed by atoms with Crippen molar-refractivity contribution in [2.45, 2.75) is 0 Å². The first-order valence-corrected chi connectivity index (χ1v) is 5.04. The molecule has 17 heavy (non-hydrogen) atoms. The van der Waals surface area contributed by atoms with Crippen molar-refractivity contribution in [1.29, 1.82) is 0 Å². The second kappa shape index (κ2) is 3.07. The van der Waals surface area contributed by atoms with Gasteiger partial charge in [-0.2, -0.15) is 0 Å². The van der Waals surface area contributed by atoms with Gasteiger partial charge in [0.15, 0.2) is 0 Å². The summed E-state index contributed by atoms with van der Waals surface area (Å²) < 4.78 is 0. The summed E-state index contributed by atoms with van der Waals surface area (Å²) in [6.07, 6.45) is 0. The van der Waals surface area contributed by atoms with Gasteiger partial charge in [-0.25, -0.2) is 0 Å². The number of hydrogen-bond acceptors (Lipinski definition) is 3. The number of hydrogen-bond donors (Lipinski definition) is 1. The molecule has 0 saturated heterocycles. The maximum Gasteiger partial charge on any atom is 0.261 e. The van der Waals surface area contributed by atoms with Crippen LogP contribution in [0.1, 0.15) is 20.7 Å². The fraction of sp³-hybridized carbons (Fsp3) is 0. The lowest BCUT2D eigenvalue weighted by atomic mass is 9.94. The van der Waals surface area contributed by atoms with Crippen LogP contribution in [-0.4, -0.2) is 21.8 Å². The van der Waals surface area contributed by atoms with Crippen molar-refractivity contribution in [3.05, 3.63) is 48.5 Å². The van der Waals surface area contributed by atoms with E-state index in [2.05, 4.69) is 7.05 Å². The van der Waals surface area contributed by atoms with E-state index in [-0.39, 0.29) is 5.75 Å². The lowest BCUT2D eigenvalue weighted by Gasteiger charge is -2.23. The summed E-state index contributed by atoms with van der Waals surface area (Å²) in [6, 6.07) is 8.00. The number of aromatic hydroxyl groups is 1. The molecule has 1 N–H and O–H groups in total. The second-order valence-corrected chi connectivity index (χ2v) is 3.94. The van der Waals surface area contributed by atoms with Gasteiger partial charge < -0.3 is 5.11 Å². The predicted octanol–water partition coefficient (Wildman–Crippen LogP) is 1.93. The van der Waals surface area contributed by atoms with Crippen molar-refractivity contribution in [2.24, 2.45) is 0 Å². The van der Waals surface area contributed by atoms with Crippen molar-refractivity contribution in [3.8, 4) is 5.75 Å². The lowest BCUT2D eigenvalue weighted by molar-refractivity contribution is 0.0675. The van der Waals surface area contributed by atoms with Gasteiger partial charge in [0.25, 0.3) is 11.8 Å². The van der Waals surface area contributed by atoms with E-state index in [0.29, 0.717) is 21.9 Å². The SMILES string of the molecule is [CH2]N1C(=O)c2cccc3cc(O)cc(c23)C1=O. The van der Waals surface area contributed by atoms with Crippen LogP contribution in [0.2, 0.25) is 0 Å². The number of benzene rings is 2. The minimum absolute atomic E-state index is 0.000693. The fourth-order valence-electron chi connectivity index (χ4n) is 2.14. The molecule has 1 radical (unpaired) electrons. The number of imide groups is 1. The van der Waals surface area contributed by atoms with Crippen LogP contribution in [0.15, 0.2) is 30.3 Å². The maximum absolute atomic E-state index is 11.9. The first-order chi connectivity index (χ1) is 8.09. The molecule has 0 saturated carbocycles. The summed E-state index contributed by atoms with van der Waals surface area (Å²) in [7, 11) is 3.43. The highest BCUT2D eigenvalue weighted by atomic mass is 16.3. The number of carbonyl (C=O) groups is 2. The lowest BCUT2D eigenvalue weighted by Crippen LogP contribution is -2.35. The fourth-order valence-corrected chi connectivity index (χ4v) is 2.14. The smallest absolute Gasteiger partial charge is 0.261 e. The van der Waals surface area contributed by atoms with Crippen LogP contribution in [0.5, 0.6) is 5.75 Å². The zero-order valence-corrected chi connectivity index (χ0v) is 8.80. The van der Waals surface area contributed by atoms with Crippen molar-refractivity contribution in [2.75, 3.05) is 0 Å². The zero-order valence-electron chi connectivity index (χ0n) is 8.80. The van der Waals surface area contributed by atoms with Crippen LogP contribution in [-0.2, 0) is 0 Å². The predicted molar refractivity (Wildman–Crippen MR) is 61.5 cm³/mol. The van der Waals surface area contributed by atoms with Gasteiger partial charge in [0, 0.05) is 18.0 Å². The average Bonchev–Trinajstić information content (AvgIpc) is 2.32. The molecule has 0 fully saturated rings. The molecular weight excluding hydrogens is 218 g/mol. The van der Waals surface area contributed by atoms with Crippen LogP contribution in [0.4, 0.5) is 0 Å². The first-order valence-electron chi connectivity index (χ1n) is 5.04. The number of carbonyl (C=O) groups excluding carboxylic acids is 2. The van der Waals surface area contributed by atoms with Crippen molar-refractivity contribution in [3.63, 3.8) is 0 Å². The highest BCUT2D eigenvalue weighted by molar-refractivity contribution is 6.25. The summed E-state index contributed by atoms with van der Waals surface area (Å²) >= 11 is 0. The molecule has 0 aliphatic carbocycles. The molecule has 4 nitrogen and oxygen atoms in total. The Morgan fingerprint density at radius 3 is 2.53 bits per heavy atom. The van der Waals surface area contributed by atoms with Crippen LogP contribution < -0.4 is 0 Å². The van der Waals surface area contributed by atoms with E-state index < -0.39 is 11.8 Å². The minimum Gasteiger partial charge on any atom is -0.508 e. The topological polar surface area (TPSA) is 57.6 Å². The Hall–Kier alpha value is -2.36. The van der Waals surface area contributed by atoms with Gasteiger partial charge >= 0.3 is 0 Å². The van der Waals surface area contributed by atoms with Gasteiger partial charge in [0.05, 0.1) is 5.56 Å². The number of phenolic OH excluding ortho intramolecular Hbond substituents is 1. The molecule has 1 aliphatic rings. The number of phenols is 1. The summed E-state index contributed by atoms with van der Waals surface area (Å²) in [4.78, 5) is 24.6. The Labute approximate surface area is 97.1 Å². The summed E-state index contributed by atoms with van der Waals surface area (Å²) in [5, 5.41) is 10.8. The van der Waals surface area contributed by atoms with Crippen LogP contribution in [0.3, 0.4) is 0 Å². The number of nitrogens with zero attached hydrogens (tertiary/aromatic N) is 1. The van der Waals surface area contributed by atoms with Gasteiger partial charge in [-0.15, -0.1) is 0 Å². The van der Waals surface area contributed by atoms with E-state index in [1.807, 2.05) is 0 Å². The maximum atomic E-state index is 11.9. The van der Waals surface area contributed by atoms with Crippen LogP contribution in [0, 0.1) is 7.05 Å².